The minimum atomic E-state index is -0.390. The second-order valence-electron chi connectivity index (χ2n) is 9.82. The van der Waals surface area contributed by atoms with E-state index in [1.165, 1.54) is 0 Å². The minimum Gasteiger partial charge on any atom is -0.328 e. The highest BCUT2D eigenvalue weighted by Gasteiger charge is 2.42. The highest BCUT2D eigenvalue weighted by atomic mass is 16.1. The predicted molar refractivity (Wildman–Crippen MR) is 131 cm³/mol. The number of carbonyl (C=O) groups excluding carboxylic acids is 1. The van der Waals surface area contributed by atoms with E-state index in [4.69, 9.17) is 10.1 Å². The molecule has 4 aromatic rings. The number of nitrogens with one attached hydrogen (secondary N) is 1. The quantitative estimate of drug-likeness (QED) is 0.432. The lowest BCUT2D eigenvalue weighted by Gasteiger charge is -2.38. The van der Waals surface area contributed by atoms with Gasteiger partial charge in [-0.25, -0.2) is 4.68 Å². The zero-order valence-electron chi connectivity index (χ0n) is 19.0. The van der Waals surface area contributed by atoms with Crippen LogP contribution in [-0.2, 0) is 4.79 Å². The first kappa shape index (κ1) is 20.4. The number of carbonyl (C=O) groups is 1. The zero-order chi connectivity index (χ0) is 23.4. The standard InChI is InChI=1S/C28H23N5O/c1-28(2)14-22-24(23(34)15-28)25(19-12-10-17(16-29)11-13-19)33-27(30-22)31-26(32-33)21-9-5-7-18-6-3-4-8-20(18)21/h3-13,25H,14-15H2,1-2H3,(H,30,31,32). The molecule has 1 N–H and O–H groups in total. The monoisotopic (exact) mass is 445 g/mol. The molecule has 0 saturated heterocycles. The maximum Gasteiger partial charge on any atom is 0.226 e. The third-order valence-electron chi connectivity index (χ3n) is 6.72. The Kier molecular flexibility index (Phi) is 4.43. The normalized spacial score (nSPS) is 18.7. The Morgan fingerprint density at radius 3 is 2.59 bits per heavy atom. The van der Waals surface area contributed by atoms with Crippen LogP contribution < -0.4 is 5.32 Å². The van der Waals surface area contributed by atoms with Gasteiger partial charge in [0, 0.05) is 23.3 Å². The number of ketones is 1. The summed E-state index contributed by atoms with van der Waals surface area (Å²) in [6, 6.07) is 23.5. The number of benzene rings is 3. The lowest BCUT2D eigenvalue weighted by atomic mass is 9.73. The van der Waals surface area contributed by atoms with Gasteiger partial charge >= 0.3 is 0 Å². The number of allylic oxidation sites excluding steroid dienone is 2. The van der Waals surface area contributed by atoms with Crippen LogP contribution in [0.1, 0.15) is 43.9 Å². The molecule has 6 nitrogen and oxygen atoms in total. The van der Waals surface area contributed by atoms with Gasteiger partial charge in [-0.2, -0.15) is 10.2 Å². The average Bonchev–Trinajstić information content (AvgIpc) is 3.25. The van der Waals surface area contributed by atoms with Crippen LogP contribution in [0, 0.1) is 16.7 Å². The molecule has 0 saturated carbocycles. The fourth-order valence-electron chi connectivity index (χ4n) is 5.19. The molecule has 1 aliphatic carbocycles. The van der Waals surface area contributed by atoms with Crippen molar-refractivity contribution in [2.75, 3.05) is 5.32 Å². The fraction of sp³-hybridized carbons (Fsp3) is 0.214. The van der Waals surface area contributed by atoms with E-state index in [1.807, 2.05) is 41.1 Å². The maximum atomic E-state index is 13.4. The Bertz CT molecular complexity index is 1530. The molecule has 0 radical (unpaired) electrons. The molecular weight excluding hydrogens is 422 g/mol. The Morgan fingerprint density at radius 1 is 1.03 bits per heavy atom. The largest absolute Gasteiger partial charge is 0.328 e. The Morgan fingerprint density at radius 2 is 1.79 bits per heavy atom. The van der Waals surface area contributed by atoms with Gasteiger partial charge in [-0.05, 0) is 40.3 Å². The number of aromatic nitrogens is 3. The van der Waals surface area contributed by atoms with E-state index in [1.54, 1.807) is 12.1 Å². The zero-order valence-corrected chi connectivity index (χ0v) is 19.0. The molecule has 1 unspecified atom stereocenters. The summed E-state index contributed by atoms with van der Waals surface area (Å²) < 4.78 is 1.83. The molecule has 2 heterocycles. The minimum absolute atomic E-state index is 0.126. The first-order chi connectivity index (χ1) is 16.4. The number of nitriles is 1. The molecule has 166 valence electrons. The van der Waals surface area contributed by atoms with Gasteiger partial charge < -0.3 is 5.32 Å². The number of hydrogen-bond donors (Lipinski definition) is 1. The van der Waals surface area contributed by atoms with E-state index >= 15 is 0 Å². The summed E-state index contributed by atoms with van der Waals surface area (Å²) in [6.45, 7) is 4.24. The first-order valence-corrected chi connectivity index (χ1v) is 11.4. The van der Waals surface area contributed by atoms with Gasteiger partial charge in [0.05, 0.1) is 11.6 Å². The third kappa shape index (κ3) is 3.20. The molecule has 0 bridgehead atoms. The molecule has 34 heavy (non-hydrogen) atoms. The number of nitrogens with zero attached hydrogens (tertiary/aromatic N) is 4. The molecule has 1 atom stereocenters. The van der Waals surface area contributed by atoms with Crippen molar-refractivity contribution in [3.63, 3.8) is 0 Å². The number of rotatable bonds is 2. The van der Waals surface area contributed by atoms with E-state index < -0.39 is 0 Å². The molecule has 6 heteroatoms. The lowest BCUT2D eigenvalue weighted by molar-refractivity contribution is -0.118. The molecule has 0 amide bonds. The highest BCUT2D eigenvalue weighted by molar-refractivity contribution is 6.00. The Hall–Kier alpha value is -4.24. The number of hydrogen-bond acceptors (Lipinski definition) is 5. The molecule has 1 aliphatic heterocycles. The maximum absolute atomic E-state index is 13.4. The topological polar surface area (TPSA) is 83.6 Å². The van der Waals surface area contributed by atoms with Gasteiger partial charge in [-0.3, -0.25) is 4.79 Å². The first-order valence-electron chi connectivity index (χ1n) is 11.4. The van der Waals surface area contributed by atoms with E-state index in [0.29, 0.717) is 23.8 Å². The number of anilines is 1. The number of Topliss-reactive ketones (excluding diaryl/α,β-unsaturated/α-hetero) is 1. The summed E-state index contributed by atoms with van der Waals surface area (Å²) >= 11 is 0. The molecule has 2 aliphatic rings. The van der Waals surface area contributed by atoms with Gasteiger partial charge in [0.15, 0.2) is 11.6 Å². The van der Waals surface area contributed by atoms with Crippen LogP contribution in [0.5, 0.6) is 0 Å². The van der Waals surface area contributed by atoms with Crippen LogP contribution >= 0.6 is 0 Å². The van der Waals surface area contributed by atoms with Crippen molar-refractivity contribution in [1.82, 2.24) is 14.8 Å². The Labute approximate surface area is 197 Å². The van der Waals surface area contributed by atoms with Crippen LogP contribution in [0.15, 0.2) is 78.0 Å². The van der Waals surface area contributed by atoms with Crippen LogP contribution in [-0.4, -0.2) is 20.5 Å². The van der Waals surface area contributed by atoms with E-state index in [9.17, 15) is 10.1 Å². The van der Waals surface area contributed by atoms with Crippen molar-refractivity contribution in [2.45, 2.75) is 32.7 Å². The van der Waals surface area contributed by atoms with Crippen LogP contribution in [0.25, 0.3) is 22.2 Å². The van der Waals surface area contributed by atoms with Crippen molar-refractivity contribution in [1.29, 1.82) is 5.26 Å². The van der Waals surface area contributed by atoms with Crippen LogP contribution in [0.2, 0.25) is 0 Å². The van der Waals surface area contributed by atoms with Crippen molar-refractivity contribution in [3.8, 4) is 17.5 Å². The molecule has 0 fully saturated rings. The van der Waals surface area contributed by atoms with Gasteiger partial charge in [0.1, 0.15) is 6.04 Å². The summed E-state index contributed by atoms with van der Waals surface area (Å²) in [5, 5.41) is 19.8. The summed E-state index contributed by atoms with van der Waals surface area (Å²) in [4.78, 5) is 18.3. The van der Waals surface area contributed by atoms with Crippen LogP contribution in [0.3, 0.4) is 0 Å². The molecule has 1 aromatic heterocycles. The molecule has 0 spiro atoms. The van der Waals surface area contributed by atoms with E-state index in [-0.39, 0.29) is 17.2 Å². The summed E-state index contributed by atoms with van der Waals surface area (Å²) in [6.07, 6.45) is 1.25. The predicted octanol–water partition coefficient (Wildman–Crippen LogP) is 5.63. The second-order valence-corrected chi connectivity index (χ2v) is 9.82. The second kappa shape index (κ2) is 7.39. The van der Waals surface area contributed by atoms with Gasteiger partial charge in [-0.15, -0.1) is 5.10 Å². The van der Waals surface area contributed by atoms with Gasteiger partial charge in [0.25, 0.3) is 0 Å². The van der Waals surface area contributed by atoms with E-state index in [0.717, 1.165) is 39.6 Å². The summed E-state index contributed by atoms with van der Waals surface area (Å²) in [5.41, 5.74) is 3.98. The smallest absolute Gasteiger partial charge is 0.226 e. The highest BCUT2D eigenvalue weighted by Crippen LogP contribution is 2.45. The van der Waals surface area contributed by atoms with Crippen LogP contribution in [0.4, 0.5) is 5.95 Å². The summed E-state index contributed by atoms with van der Waals surface area (Å²) in [7, 11) is 0. The van der Waals surface area contributed by atoms with Gasteiger partial charge in [-0.1, -0.05) is 68.4 Å². The SMILES string of the molecule is CC1(C)CC(=O)C2=C(C1)Nc1nc(-c3cccc4ccccc34)nn1C2c1ccc(C#N)cc1. The van der Waals surface area contributed by atoms with Crippen molar-refractivity contribution >= 4 is 22.5 Å². The molecular formula is C28H23N5O. The Balaban J connectivity index is 1.54. The van der Waals surface area contributed by atoms with Crippen molar-refractivity contribution in [2.24, 2.45) is 5.41 Å². The third-order valence-corrected chi connectivity index (χ3v) is 6.72. The molecule has 6 rings (SSSR count). The van der Waals surface area contributed by atoms with Crippen molar-refractivity contribution < 1.29 is 4.79 Å². The number of fused-ring (bicyclic) bond motifs is 2. The van der Waals surface area contributed by atoms with E-state index in [2.05, 4.69) is 43.4 Å². The summed E-state index contributed by atoms with van der Waals surface area (Å²) in [5.74, 6) is 1.37. The lowest BCUT2D eigenvalue weighted by Crippen LogP contribution is -2.36. The molecule has 3 aromatic carbocycles. The fourth-order valence-corrected chi connectivity index (χ4v) is 5.19. The van der Waals surface area contributed by atoms with Crippen molar-refractivity contribution in [3.05, 3.63) is 89.1 Å². The average molecular weight is 446 g/mol. The van der Waals surface area contributed by atoms with Gasteiger partial charge in [0.2, 0.25) is 5.95 Å².